The first-order chi connectivity index (χ1) is 10.0. The van der Waals surface area contributed by atoms with Gasteiger partial charge in [0.2, 0.25) is 5.09 Å². The summed E-state index contributed by atoms with van der Waals surface area (Å²) in [5.74, 6) is 0.634. The van der Waals surface area contributed by atoms with Crippen molar-refractivity contribution in [1.82, 2.24) is 14.9 Å². The molecular formula is C14H25N3O3S. The molecule has 21 heavy (non-hydrogen) atoms. The number of nitrogens with zero attached hydrogens (tertiary/aromatic N) is 1. The molecule has 2 N–H and O–H groups in total. The van der Waals surface area contributed by atoms with Crippen molar-refractivity contribution in [3.05, 3.63) is 17.9 Å². The van der Waals surface area contributed by atoms with Gasteiger partial charge in [0.25, 0.3) is 10.0 Å². The molecule has 1 saturated heterocycles. The van der Waals surface area contributed by atoms with E-state index in [-0.39, 0.29) is 5.09 Å². The third kappa shape index (κ3) is 4.54. The van der Waals surface area contributed by atoms with E-state index in [0.717, 1.165) is 6.54 Å². The lowest BCUT2D eigenvalue weighted by Gasteiger charge is -2.32. The Balaban J connectivity index is 1.78. The van der Waals surface area contributed by atoms with Gasteiger partial charge in [0.1, 0.15) is 5.76 Å². The highest BCUT2D eigenvalue weighted by Crippen LogP contribution is 2.14. The van der Waals surface area contributed by atoms with Gasteiger partial charge in [-0.05, 0) is 52.0 Å². The van der Waals surface area contributed by atoms with Crippen LogP contribution in [0.1, 0.15) is 31.9 Å². The normalized spacial score (nSPS) is 18.8. The van der Waals surface area contributed by atoms with Crippen LogP contribution in [-0.4, -0.2) is 46.0 Å². The van der Waals surface area contributed by atoms with E-state index in [1.807, 2.05) is 0 Å². The SMILES string of the molecule is CNS(=O)(=O)c1ccc(CNCC(C)N2CCCCC2)o1. The zero-order chi connectivity index (χ0) is 15.3. The van der Waals surface area contributed by atoms with Crippen molar-refractivity contribution in [3.8, 4) is 0 Å². The molecule has 0 amide bonds. The zero-order valence-corrected chi connectivity index (χ0v) is 13.6. The van der Waals surface area contributed by atoms with Crippen LogP contribution >= 0.6 is 0 Å². The van der Waals surface area contributed by atoms with Crippen LogP contribution < -0.4 is 10.0 Å². The molecule has 0 saturated carbocycles. The second kappa shape index (κ2) is 7.40. The minimum absolute atomic E-state index is 0.0362. The Kier molecular flexibility index (Phi) is 5.80. The highest BCUT2D eigenvalue weighted by molar-refractivity contribution is 7.89. The molecule has 0 aromatic carbocycles. The smallest absolute Gasteiger partial charge is 0.273 e. The monoisotopic (exact) mass is 315 g/mol. The van der Waals surface area contributed by atoms with Crippen LogP contribution in [-0.2, 0) is 16.6 Å². The van der Waals surface area contributed by atoms with Crippen LogP contribution in [0.5, 0.6) is 0 Å². The van der Waals surface area contributed by atoms with E-state index >= 15 is 0 Å². The summed E-state index contributed by atoms with van der Waals surface area (Å²) in [6.45, 7) is 5.98. The fourth-order valence-electron chi connectivity index (χ4n) is 2.59. The van der Waals surface area contributed by atoms with Crippen molar-refractivity contribution < 1.29 is 12.8 Å². The van der Waals surface area contributed by atoms with Gasteiger partial charge >= 0.3 is 0 Å². The number of piperidine rings is 1. The molecule has 1 aromatic heterocycles. The van der Waals surface area contributed by atoms with Crippen LogP contribution in [0.15, 0.2) is 21.6 Å². The number of furan rings is 1. The summed E-state index contributed by atoms with van der Waals surface area (Å²) in [4.78, 5) is 2.50. The van der Waals surface area contributed by atoms with Crippen molar-refractivity contribution in [2.45, 2.75) is 43.9 Å². The molecule has 1 aromatic rings. The predicted octanol–water partition coefficient (Wildman–Crippen LogP) is 1.15. The number of nitrogens with one attached hydrogen (secondary N) is 2. The predicted molar refractivity (Wildman–Crippen MR) is 81.5 cm³/mol. The van der Waals surface area contributed by atoms with E-state index in [2.05, 4.69) is 21.9 Å². The minimum atomic E-state index is -3.49. The van der Waals surface area contributed by atoms with Gasteiger partial charge in [0, 0.05) is 12.6 Å². The lowest BCUT2D eigenvalue weighted by atomic mass is 10.1. The second-order valence-electron chi connectivity index (χ2n) is 5.50. The van der Waals surface area contributed by atoms with Gasteiger partial charge < -0.3 is 9.73 Å². The van der Waals surface area contributed by atoms with E-state index in [9.17, 15) is 8.42 Å². The maximum absolute atomic E-state index is 11.6. The molecule has 0 aliphatic carbocycles. The highest BCUT2D eigenvalue weighted by Gasteiger charge is 2.18. The molecule has 2 rings (SSSR count). The maximum atomic E-state index is 11.6. The van der Waals surface area contributed by atoms with E-state index in [1.54, 1.807) is 6.07 Å². The van der Waals surface area contributed by atoms with Gasteiger partial charge in [-0.1, -0.05) is 6.42 Å². The Hall–Kier alpha value is -0.890. The molecule has 1 aliphatic heterocycles. The molecule has 0 bridgehead atoms. The summed E-state index contributed by atoms with van der Waals surface area (Å²) in [6, 6.07) is 3.67. The molecule has 6 nitrogen and oxygen atoms in total. The van der Waals surface area contributed by atoms with Crippen molar-refractivity contribution in [2.24, 2.45) is 0 Å². The van der Waals surface area contributed by atoms with Gasteiger partial charge in [-0.25, -0.2) is 13.1 Å². The summed E-state index contributed by atoms with van der Waals surface area (Å²) in [7, 11) is -2.12. The zero-order valence-electron chi connectivity index (χ0n) is 12.8. The van der Waals surface area contributed by atoms with Crippen LogP contribution in [0.3, 0.4) is 0 Å². The number of likely N-dealkylation sites (tertiary alicyclic amines) is 1. The molecule has 1 unspecified atom stereocenters. The molecule has 2 heterocycles. The summed E-state index contributed by atoms with van der Waals surface area (Å²) >= 11 is 0. The second-order valence-corrected chi connectivity index (χ2v) is 7.32. The first-order valence-electron chi connectivity index (χ1n) is 7.50. The van der Waals surface area contributed by atoms with Gasteiger partial charge in [-0.3, -0.25) is 4.90 Å². The molecule has 7 heteroatoms. The number of sulfonamides is 1. The number of hydrogen-bond donors (Lipinski definition) is 2. The lowest BCUT2D eigenvalue weighted by molar-refractivity contribution is 0.170. The van der Waals surface area contributed by atoms with Crippen molar-refractivity contribution >= 4 is 10.0 Å². The molecular weight excluding hydrogens is 290 g/mol. The Morgan fingerprint density at radius 3 is 2.67 bits per heavy atom. The third-order valence-electron chi connectivity index (χ3n) is 3.92. The molecule has 1 aliphatic rings. The molecule has 1 fully saturated rings. The maximum Gasteiger partial charge on any atom is 0.273 e. The van der Waals surface area contributed by atoms with E-state index < -0.39 is 10.0 Å². The van der Waals surface area contributed by atoms with E-state index in [0.29, 0.717) is 18.3 Å². The third-order valence-corrected chi connectivity index (χ3v) is 5.21. The summed E-state index contributed by atoms with van der Waals surface area (Å²) in [5, 5.41) is 3.29. The average molecular weight is 315 g/mol. The first kappa shape index (κ1) is 16.5. The average Bonchev–Trinajstić information content (AvgIpc) is 2.98. The Morgan fingerprint density at radius 2 is 2.00 bits per heavy atom. The lowest BCUT2D eigenvalue weighted by Crippen LogP contribution is -2.42. The standard InChI is InChI=1S/C14H25N3O3S/c1-12(17-8-4-3-5-9-17)10-16-11-13-6-7-14(20-13)21(18,19)15-2/h6-7,12,15-16H,3-5,8-11H2,1-2H3. The molecule has 0 radical (unpaired) electrons. The topological polar surface area (TPSA) is 74.6 Å². The van der Waals surface area contributed by atoms with Crippen molar-refractivity contribution in [1.29, 1.82) is 0 Å². The fourth-order valence-corrected chi connectivity index (χ4v) is 3.26. The van der Waals surface area contributed by atoms with Crippen molar-refractivity contribution in [2.75, 3.05) is 26.7 Å². The summed E-state index contributed by atoms with van der Waals surface area (Å²) < 4.78 is 30.7. The first-order valence-corrected chi connectivity index (χ1v) is 8.98. The summed E-state index contributed by atoms with van der Waals surface area (Å²) in [6.07, 6.45) is 3.91. The Bertz CT molecular complexity index is 535. The summed E-state index contributed by atoms with van der Waals surface area (Å²) in [5.41, 5.74) is 0. The number of rotatable bonds is 7. The van der Waals surface area contributed by atoms with E-state index in [4.69, 9.17) is 4.42 Å². The van der Waals surface area contributed by atoms with Crippen LogP contribution in [0, 0.1) is 0 Å². The molecule has 0 spiro atoms. The Morgan fingerprint density at radius 1 is 1.29 bits per heavy atom. The van der Waals surface area contributed by atoms with Gasteiger partial charge in [0.15, 0.2) is 0 Å². The van der Waals surface area contributed by atoms with Crippen LogP contribution in [0.4, 0.5) is 0 Å². The number of hydrogen-bond acceptors (Lipinski definition) is 5. The van der Waals surface area contributed by atoms with Gasteiger partial charge in [-0.15, -0.1) is 0 Å². The minimum Gasteiger partial charge on any atom is -0.447 e. The largest absolute Gasteiger partial charge is 0.447 e. The molecule has 1 atom stereocenters. The Labute approximate surface area is 126 Å². The van der Waals surface area contributed by atoms with Crippen molar-refractivity contribution in [3.63, 3.8) is 0 Å². The van der Waals surface area contributed by atoms with Crippen LogP contribution in [0.2, 0.25) is 0 Å². The molecule has 120 valence electrons. The quantitative estimate of drug-likeness (QED) is 0.789. The fraction of sp³-hybridized carbons (Fsp3) is 0.714. The van der Waals surface area contributed by atoms with E-state index in [1.165, 1.54) is 45.5 Å². The van der Waals surface area contributed by atoms with Crippen LogP contribution in [0.25, 0.3) is 0 Å². The highest BCUT2D eigenvalue weighted by atomic mass is 32.2. The van der Waals surface area contributed by atoms with Gasteiger partial charge in [0.05, 0.1) is 6.54 Å². The van der Waals surface area contributed by atoms with Gasteiger partial charge in [-0.2, -0.15) is 0 Å².